The number of hydrogen-bond donors (Lipinski definition) is 2. The number of rotatable bonds is 6. The lowest BCUT2D eigenvalue weighted by atomic mass is 9.96. The molecule has 3 amide bonds. The number of nitrogens with zero attached hydrogens (tertiary/aromatic N) is 2. The summed E-state index contributed by atoms with van der Waals surface area (Å²) in [5, 5.41) is 1.79. The third-order valence-electron chi connectivity index (χ3n) is 6.78. The summed E-state index contributed by atoms with van der Waals surface area (Å²) in [7, 11) is 0. The first-order valence-electron chi connectivity index (χ1n) is 11.8. The van der Waals surface area contributed by atoms with E-state index in [1.807, 2.05) is 49.4 Å². The number of fused-ring (bicyclic) bond motifs is 1. The highest BCUT2D eigenvalue weighted by atomic mass is 35.5. The maximum absolute atomic E-state index is 14.1. The number of hydrogen-bond acceptors (Lipinski definition) is 4. The van der Waals surface area contributed by atoms with Gasteiger partial charge in [-0.15, -0.1) is 0 Å². The zero-order chi connectivity index (χ0) is 26.0. The first-order valence-corrected chi connectivity index (χ1v) is 12.1. The van der Waals surface area contributed by atoms with E-state index < -0.39 is 35.6 Å². The minimum Gasteiger partial charge on any atom is -0.368 e. The molecular formula is C27H28ClFN4O3. The summed E-state index contributed by atoms with van der Waals surface area (Å²) in [6.45, 7) is 1.71. The third-order valence-corrected chi connectivity index (χ3v) is 7.07. The topological polar surface area (TPSA) is 110 Å². The molecule has 4 rings (SSSR count). The van der Waals surface area contributed by atoms with Crippen molar-refractivity contribution in [2.75, 3.05) is 13.1 Å². The molecular weight excluding hydrogens is 483 g/mol. The van der Waals surface area contributed by atoms with Crippen LogP contribution in [-0.4, -0.2) is 52.7 Å². The normalized spacial score (nSPS) is 19.3. The van der Waals surface area contributed by atoms with Crippen molar-refractivity contribution in [2.45, 2.75) is 37.9 Å². The van der Waals surface area contributed by atoms with Gasteiger partial charge in [-0.25, -0.2) is 4.39 Å². The molecule has 4 N–H and O–H groups in total. The Hall–Kier alpha value is -3.49. The Bertz CT molecular complexity index is 1310. The molecule has 0 aliphatic carbocycles. The van der Waals surface area contributed by atoms with Crippen LogP contribution in [0.4, 0.5) is 4.39 Å². The standard InChI is InChI=1S/C27H28ClFN4O3/c1-16-11-12-32(23(26(31)35)14-18-7-4-6-17-5-2-3-8-20(17)18)27(36)25(33(16)24(34)15-30)19-9-10-22(29)21(28)13-19/h2-10,13,16,23,25H,11-12,14-15,30H2,1H3,(H2,31,35)/t16-,23-,25+/m1/s1. The molecule has 3 atom stereocenters. The number of benzene rings is 3. The van der Waals surface area contributed by atoms with E-state index >= 15 is 0 Å². The molecule has 1 heterocycles. The SMILES string of the molecule is C[C@@H]1CCN([C@H](Cc2cccc3ccccc23)C(N)=O)C(=O)[C@H](c2ccc(F)c(Cl)c2)N1C(=O)CN. The lowest BCUT2D eigenvalue weighted by molar-refractivity contribution is -0.148. The van der Waals surface area contributed by atoms with Gasteiger partial charge in [-0.1, -0.05) is 60.1 Å². The molecule has 1 aliphatic rings. The van der Waals surface area contributed by atoms with Gasteiger partial charge >= 0.3 is 0 Å². The molecule has 1 fully saturated rings. The van der Waals surface area contributed by atoms with E-state index in [2.05, 4.69) is 0 Å². The van der Waals surface area contributed by atoms with E-state index in [9.17, 15) is 18.8 Å². The number of carbonyl (C=O) groups excluding carboxylic acids is 3. The molecule has 188 valence electrons. The van der Waals surface area contributed by atoms with E-state index in [0.29, 0.717) is 12.0 Å². The lowest BCUT2D eigenvalue weighted by Gasteiger charge is -2.35. The van der Waals surface area contributed by atoms with Gasteiger partial charge in [0.05, 0.1) is 11.6 Å². The molecule has 0 aromatic heterocycles. The van der Waals surface area contributed by atoms with Crippen molar-refractivity contribution in [1.29, 1.82) is 0 Å². The van der Waals surface area contributed by atoms with E-state index in [1.165, 1.54) is 21.9 Å². The molecule has 1 saturated heterocycles. The number of halogens is 2. The summed E-state index contributed by atoms with van der Waals surface area (Å²) in [5.41, 5.74) is 12.7. The minimum atomic E-state index is -1.13. The molecule has 0 radical (unpaired) electrons. The van der Waals surface area contributed by atoms with Gasteiger partial charge in [0, 0.05) is 19.0 Å². The van der Waals surface area contributed by atoms with Crippen LogP contribution >= 0.6 is 11.6 Å². The molecule has 0 bridgehead atoms. The minimum absolute atomic E-state index is 0.175. The molecule has 0 unspecified atom stereocenters. The van der Waals surface area contributed by atoms with Crippen molar-refractivity contribution >= 4 is 40.1 Å². The third kappa shape index (κ3) is 4.92. The molecule has 3 aromatic carbocycles. The smallest absolute Gasteiger partial charge is 0.250 e. The van der Waals surface area contributed by atoms with Crippen LogP contribution in [0.5, 0.6) is 0 Å². The molecule has 0 spiro atoms. The monoisotopic (exact) mass is 510 g/mol. The highest BCUT2D eigenvalue weighted by Crippen LogP contribution is 2.33. The number of nitrogens with two attached hydrogens (primary N) is 2. The average molecular weight is 511 g/mol. The van der Waals surface area contributed by atoms with Gasteiger partial charge in [-0.3, -0.25) is 14.4 Å². The van der Waals surface area contributed by atoms with Crippen LogP contribution in [0.2, 0.25) is 5.02 Å². The van der Waals surface area contributed by atoms with Crippen LogP contribution in [0.25, 0.3) is 10.8 Å². The molecule has 7 nitrogen and oxygen atoms in total. The summed E-state index contributed by atoms with van der Waals surface area (Å²) < 4.78 is 13.9. The van der Waals surface area contributed by atoms with Crippen LogP contribution in [0.3, 0.4) is 0 Å². The van der Waals surface area contributed by atoms with Crippen molar-refractivity contribution in [3.8, 4) is 0 Å². The van der Waals surface area contributed by atoms with Crippen molar-refractivity contribution in [3.05, 3.63) is 82.6 Å². The van der Waals surface area contributed by atoms with Crippen molar-refractivity contribution < 1.29 is 18.8 Å². The van der Waals surface area contributed by atoms with Gasteiger partial charge in [0.1, 0.15) is 17.9 Å². The van der Waals surface area contributed by atoms with Gasteiger partial charge < -0.3 is 21.3 Å². The first-order chi connectivity index (χ1) is 17.2. The van der Waals surface area contributed by atoms with Crippen LogP contribution in [0.1, 0.15) is 30.5 Å². The summed E-state index contributed by atoms with van der Waals surface area (Å²) in [6, 6.07) is 15.0. The van der Waals surface area contributed by atoms with E-state index in [-0.39, 0.29) is 30.6 Å². The summed E-state index contributed by atoms with van der Waals surface area (Å²) in [4.78, 5) is 42.5. The zero-order valence-corrected chi connectivity index (χ0v) is 20.6. The van der Waals surface area contributed by atoms with E-state index in [4.69, 9.17) is 23.1 Å². The van der Waals surface area contributed by atoms with E-state index in [0.717, 1.165) is 22.4 Å². The maximum atomic E-state index is 14.1. The molecule has 3 aromatic rings. The van der Waals surface area contributed by atoms with Gasteiger partial charge in [-0.05, 0) is 47.4 Å². The largest absolute Gasteiger partial charge is 0.368 e. The van der Waals surface area contributed by atoms with Gasteiger partial charge in [0.25, 0.3) is 5.91 Å². The van der Waals surface area contributed by atoms with Crippen LogP contribution in [-0.2, 0) is 20.8 Å². The van der Waals surface area contributed by atoms with Crippen molar-refractivity contribution in [1.82, 2.24) is 9.80 Å². The molecule has 9 heteroatoms. The Morgan fingerprint density at radius 1 is 1.14 bits per heavy atom. The van der Waals surface area contributed by atoms with Crippen molar-refractivity contribution in [2.24, 2.45) is 11.5 Å². The maximum Gasteiger partial charge on any atom is 0.250 e. The van der Waals surface area contributed by atoms with Crippen LogP contribution in [0, 0.1) is 5.82 Å². The highest BCUT2D eigenvalue weighted by molar-refractivity contribution is 6.30. The van der Waals surface area contributed by atoms with Gasteiger partial charge in [0.15, 0.2) is 0 Å². The average Bonchev–Trinajstić information content (AvgIpc) is 2.99. The fourth-order valence-electron chi connectivity index (χ4n) is 4.94. The Labute approximate surface area is 213 Å². The zero-order valence-electron chi connectivity index (χ0n) is 19.9. The lowest BCUT2D eigenvalue weighted by Crippen LogP contribution is -2.52. The Morgan fingerprint density at radius 3 is 2.56 bits per heavy atom. The second-order valence-corrected chi connectivity index (χ2v) is 9.42. The van der Waals surface area contributed by atoms with Gasteiger partial charge in [0.2, 0.25) is 11.8 Å². The summed E-state index contributed by atoms with van der Waals surface area (Å²) in [6.07, 6.45) is 0.612. The number of carbonyl (C=O) groups is 3. The highest BCUT2D eigenvalue weighted by Gasteiger charge is 2.43. The Balaban J connectivity index is 1.78. The first kappa shape index (κ1) is 25.6. The molecule has 1 aliphatic heterocycles. The second-order valence-electron chi connectivity index (χ2n) is 9.01. The van der Waals surface area contributed by atoms with Crippen molar-refractivity contribution in [3.63, 3.8) is 0 Å². The van der Waals surface area contributed by atoms with Crippen LogP contribution in [0.15, 0.2) is 60.7 Å². The van der Waals surface area contributed by atoms with E-state index in [1.54, 1.807) is 0 Å². The summed E-state index contributed by atoms with van der Waals surface area (Å²) >= 11 is 6.03. The number of amides is 3. The second kappa shape index (κ2) is 10.6. The van der Waals surface area contributed by atoms with Crippen LogP contribution < -0.4 is 11.5 Å². The quantitative estimate of drug-likeness (QED) is 0.530. The molecule has 0 saturated carbocycles. The number of primary amides is 1. The Kier molecular flexibility index (Phi) is 7.56. The predicted molar refractivity (Wildman–Crippen MR) is 136 cm³/mol. The molecule has 36 heavy (non-hydrogen) atoms. The Morgan fingerprint density at radius 2 is 1.86 bits per heavy atom. The van der Waals surface area contributed by atoms with Gasteiger partial charge in [-0.2, -0.15) is 0 Å². The predicted octanol–water partition coefficient (Wildman–Crippen LogP) is 3.18. The fraction of sp³-hybridized carbons (Fsp3) is 0.296. The summed E-state index contributed by atoms with van der Waals surface area (Å²) in [5.74, 6) is -2.23. The fourth-order valence-corrected chi connectivity index (χ4v) is 5.13.